The average molecular weight is 187 g/mol. The molecule has 0 saturated carbocycles. The lowest BCUT2D eigenvalue weighted by atomic mass is 11.2. The topological polar surface area (TPSA) is 122 Å². The summed E-state index contributed by atoms with van der Waals surface area (Å²) in [6.07, 6.45) is 0. The molecule has 7 nitrogen and oxygen atoms in total. The Kier molecular flexibility index (Phi) is 3.42. The average Bonchev–Trinajstić information content (AvgIpc) is 1.59. The fourth-order valence-corrected chi connectivity index (χ4v) is 0.812. The summed E-state index contributed by atoms with van der Waals surface area (Å²) in [6, 6.07) is -0.916. The number of primary amides is 1. The third kappa shape index (κ3) is 7.49. The van der Waals surface area contributed by atoms with Gasteiger partial charge in [-0.05, 0) is 0 Å². The minimum absolute atomic E-state index is 0.256. The molecule has 0 atom stereocenters. The van der Waals surface area contributed by atoms with Crippen LogP contribution in [-0.4, -0.2) is 19.0 Å². The van der Waals surface area contributed by atoms with Crippen molar-refractivity contribution >= 4 is 28.5 Å². The third-order valence-corrected chi connectivity index (χ3v) is 1.78. The van der Waals surface area contributed by atoms with E-state index in [1.54, 1.807) is 0 Å². The van der Waals surface area contributed by atoms with Gasteiger partial charge in [0.2, 0.25) is 0 Å². The highest BCUT2D eigenvalue weighted by Gasteiger charge is 2.02. The molecule has 0 spiro atoms. The molecule has 10 heavy (non-hydrogen) atoms. The first-order valence-corrected chi connectivity index (χ1v) is 4.13. The molecule has 9 heteroatoms. The van der Waals surface area contributed by atoms with E-state index in [9.17, 15) is 13.2 Å². The van der Waals surface area contributed by atoms with Crippen molar-refractivity contribution < 1.29 is 17.8 Å². The van der Waals surface area contributed by atoms with Crippen molar-refractivity contribution in [3.05, 3.63) is 0 Å². The molecular formula is CH5N3O4S2. The molecule has 0 aliphatic carbocycles. The number of carbonyl (C=O) groups excluding carboxylic acids is 1. The lowest BCUT2D eigenvalue weighted by Gasteiger charge is -1.97. The Morgan fingerprint density at radius 2 is 2.10 bits per heavy atom. The highest BCUT2D eigenvalue weighted by atomic mass is 32.3. The molecule has 0 unspecified atom stereocenters. The minimum Gasteiger partial charge on any atom is -0.351 e. The van der Waals surface area contributed by atoms with Crippen LogP contribution in [0.1, 0.15) is 0 Å². The molecule has 0 aromatic rings. The Balaban J connectivity index is 3.49. The molecule has 0 saturated heterocycles. The van der Waals surface area contributed by atoms with E-state index in [0.29, 0.717) is 0 Å². The first kappa shape index (κ1) is 9.49. The third-order valence-electron chi connectivity index (χ3n) is 0.299. The summed E-state index contributed by atoms with van der Waals surface area (Å²) in [6.45, 7) is 0. The molecule has 2 amide bonds. The van der Waals surface area contributed by atoms with Gasteiger partial charge in [-0.2, -0.15) is 8.42 Å². The zero-order valence-corrected chi connectivity index (χ0v) is 6.20. The number of hydrogen-bond donors (Lipinski definition) is 4. The van der Waals surface area contributed by atoms with Crippen LogP contribution in [0.5, 0.6) is 0 Å². The molecule has 0 bridgehead atoms. The lowest BCUT2D eigenvalue weighted by Crippen LogP contribution is -2.28. The van der Waals surface area contributed by atoms with Crippen LogP contribution in [0.15, 0.2) is 0 Å². The van der Waals surface area contributed by atoms with Crippen LogP contribution in [0, 0.1) is 0 Å². The van der Waals surface area contributed by atoms with Crippen LogP contribution in [0.4, 0.5) is 4.79 Å². The van der Waals surface area contributed by atoms with Gasteiger partial charge in [-0.1, -0.05) is 0 Å². The van der Waals surface area contributed by atoms with E-state index >= 15 is 0 Å². The second-order valence-electron chi connectivity index (χ2n) is 1.13. The van der Waals surface area contributed by atoms with Crippen molar-refractivity contribution in [2.45, 2.75) is 0 Å². The number of nitrogens with one attached hydrogen (secondary N) is 2. The molecule has 0 radical (unpaired) electrons. The molecule has 0 aromatic heterocycles. The van der Waals surface area contributed by atoms with E-state index in [1.807, 2.05) is 4.72 Å². The maximum Gasteiger partial charge on any atom is 0.344 e. The van der Waals surface area contributed by atoms with Gasteiger partial charge in [0.25, 0.3) is 0 Å². The van der Waals surface area contributed by atoms with Crippen LogP contribution in [-0.2, 0) is 10.3 Å². The monoisotopic (exact) mass is 187 g/mol. The number of amides is 2. The van der Waals surface area contributed by atoms with Crippen molar-refractivity contribution in [3.63, 3.8) is 0 Å². The smallest absolute Gasteiger partial charge is 0.344 e. The fraction of sp³-hybridized carbons (Fsp3) is 0. The van der Waals surface area contributed by atoms with Gasteiger partial charge < -0.3 is 5.73 Å². The molecule has 5 N–H and O–H groups in total. The van der Waals surface area contributed by atoms with E-state index in [1.165, 1.54) is 4.13 Å². The van der Waals surface area contributed by atoms with Gasteiger partial charge in [-0.25, -0.2) is 4.79 Å². The Labute approximate surface area is 61.5 Å². The molecule has 0 aromatic carbocycles. The van der Waals surface area contributed by atoms with Crippen molar-refractivity contribution in [2.24, 2.45) is 5.73 Å². The van der Waals surface area contributed by atoms with Crippen molar-refractivity contribution in [2.75, 3.05) is 0 Å². The number of rotatable bonds is 3. The Morgan fingerprint density at radius 1 is 1.60 bits per heavy atom. The first-order valence-electron chi connectivity index (χ1n) is 1.87. The van der Waals surface area contributed by atoms with Crippen LogP contribution in [0.3, 0.4) is 0 Å². The molecule has 0 heterocycles. The lowest BCUT2D eigenvalue weighted by molar-refractivity contribution is 0.254. The quantitative estimate of drug-likeness (QED) is 0.320. The predicted octanol–water partition coefficient (Wildman–Crippen LogP) is -1.39. The van der Waals surface area contributed by atoms with E-state index in [-0.39, 0.29) is 12.1 Å². The van der Waals surface area contributed by atoms with Gasteiger partial charge in [0.05, 0.1) is 12.1 Å². The molecule has 0 fully saturated rings. The number of hydrogen-bond acceptors (Lipinski definition) is 4. The number of nitrogens with two attached hydrogens (primary N) is 1. The molecule has 0 rings (SSSR count). The SMILES string of the molecule is NC(=O)NSNS(=O)(=O)O. The van der Waals surface area contributed by atoms with Crippen LogP contribution in [0.25, 0.3) is 0 Å². The summed E-state index contributed by atoms with van der Waals surface area (Å²) in [5.41, 5.74) is 4.53. The largest absolute Gasteiger partial charge is 0.351 e. The summed E-state index contributed by atoms with van der Waals surface area (Å²) in [7, 11) is -4.28. The van der Waals surface area contributed by atoms with Gasteiger partial charge >= 0.3 is 16.3 Å². The summed E-state index contributed by atoms with van der Waals surface area (Å²) in [5, 5.41) is 0. The van der Waals surface area contributed by atoms with Gasteiger partial charge in [-0.15, -0.1) is 4.13 Å². The number of urea groups is 1. The maximum atomic E-state index is 9.86. The van der Waals surface area contributed by atoms with E-state index in [4.69, 9.17) is 4.55 Å². The predicted molar refractivity (Wildman–Crippen MR) is 35.0 cm³/mol. The maximum absolute atomic E-state index is 9.86. The molecule has 60 valence electrons. The van der Waals surface area contributed by atoms with Gasteiger partial charge in [0.15, 0.2) is 0 Å². The molecular weight excluding hydrogens is 182 g/mol. The van der Waals surface area contributed by atoms with Crippen molar-refractivity contribution in [1.82, 2.24) is 8.85 Å². The second-order valence-corrected chi connectivity index (χ2v) is 3.15. The Morgan fingerprint density at radius 3 is 2.40 bits per heavy atom. The van der Waals surface area contributed by atoms with Crippen molar-refractivity contribution in [1.29, 1.82) is 0 Å². The summed E-state index contributed by atoms with van der Waals surface area (Å²) < 4.78 is 31.0. The zero-order valence-electron chi connectivity index (χ0n) is 4.57. The fourth-order valence-electron chi connectivity index (χ4n) is 0.124. The van der Waals surface area contributed by atoms with E-state index < -0.39 is 16.3 Å². The standard InChI is InChI=1S/CH5N3O4S2/c2-1(5)3-9-4-10(6,7)8/h4H,(H3,2,3,5)(H,6,7,8). The minimum atomic E-state index is -4.28. The second kappa shape index (κ2) is 3.61. The number of carbonyl (C=O) groups is 1. The normalized spacial score (nSPS) is 10.9. The Hall–Kier alpha value is -0.510. The first-order chi connectivity index (χ1) is 4.42. The van der Waals surface area contributed by atoms with Crippen LogP contribution < -0.4 is 14.6 Å². The van der Waals surface area contributed by atoms with Crippen LogP contribution in [0.2, 0.25) is 0 Å². The molecule has 0 aliphatic heterocycles. The van der Waals surface area contributed by atoms with Crippen LogP contribution >= 0.6 is 12.1 Å². The Bertz CT molecular complexity index is 209. The van der Waals surface area contributed by atoms with Gasteiger partial charge in [0, 0.05) is 0 Å². The van der Waals surface area contributed by atoms with Gasteiger partial charge in [-0.3, -0.25) is 9.27 Å². The van der Waals surface area contributed by atoms with Crippen molar-refractivity contribution in [3.8, 4) is 0 Å². The molecule has 0 aliphatic rings. The van der Waals surface area contributed by atoms with Gasteiger partial charge in [0.1, 0.15) is 0 Å². The highest BCUT2D eigenvalue weighted by molar-refractivity contribution is 8.06. The highest BCUT2D eigenvalue weighted by Crippen LogP contribution is 1.86. The summed E-state index contributed by atoms with van der Waals surface area (Å²) in [4.78, 5) is 9.86. The zero-order chi connectivity index (χ0) is 8.20. The van der Waals surface area contributed by atoms with E-state index in [0.717, 1.165) is 0 Å². The van der Waals surface area contributed by atoms with E-state index in [2.05, 4.69) is 5.73 Å². The summed E-state index contributed by atoms with van der Waals surface area (Å²) in [5.74, 6) is 0. The summed E-state index contributed by atoms with van der Waals surface area (Å²) >= 11 is 0.256.